The Kier molecular flexibility index (Phi) is 4.10. The van der Waals surface area contributed by atoms with Crippen LogP contribution in [0.15, 0.2) is 12.5 Å². The van der Waals surface area contributed by atoms with Crippen molar-refractivity contribution in [3.8, 4) is 0 Å². The molecule has 3 heteroatoms. The largest absolute Gasteiger partial charge is 0.327 e. The maximum atomic E-state index is 6.35. The lowest BCUT2D eigenvalue weighted by atomic mass is 9.82. The van der Waals surface area contributed by atoms with Crippen molar-refractivity contribution in [2.75, 3.05) is 0 Å². The standard InChI is InChI=1S/C15H27N3/c1-12(2)9-13(16)14-10-17-11-18(14)15(3)7-5-4-6-8-15/h10-13H,4-9,16H2,1-3H3. The average molecular weight is 249 g/mol. The van der Waals surface area contributed by atoms with Crippen molar-refractivity contribution in [3.05, 3.63) is 18.2 Å². The van der Waals surface area contributed by atoms with Crippen molar-refractivity contribution in [1.29, 1.82) is 0 Å². The summed E-state index contributed by atoms with van der Waals surface area (Å²) in [5, 5.41) is 0. The van der Waals surface area contributed by atoms with Crippen LogP contribution in [0.1, 0.15) is 71.0 Å². The Labute approximate surface area is 111 Å². The van der Waals surface area contributed by atoms with Crippen molar-refractivity contribution in [2.45, 2.75) is 70.9 Å². The summed E-state index contributed by atoms with van der Waals surface area (Å²) < 4.78 is 2.36. The van der Waals surface area contributed by atoms with E-state index in [1.807, 2.05) is 12.5 Å². The fraction of sp³-hybridized carbons (Fsp3) is 0.800. The fourth-order valence-electron chi connectivity index (χ4n) is 3.21. The molecule has 2 N–H and O–H groups in total. The Morgan fingerprint density at radius 1 is 1.33 bits per heavy atom. The van der Waals surface area contributed by atoms with E-state index in [0.717, 1.165) is 6.42 Å². The van der Waals surface area contributed by atoms with Crippen LogP contribution >= 0.6 is 0 Å². The molecule has 18 heavy (non-hydrogen) atoms. The van der Waals surface area contributed by atoms with Gasteiger partial charge in [-0.3, -0.25) is 0 Å². The van der Waals surface area contributed by atoms with Gasteiger partial charge in [-0.2, -0.15) is 0 Å². The molecule has 1 aromatic rings. The van der Waals surface area contributed by atoms with Gasteiger partial charge >= 0.3 is 0 Å². The molecule has 0 bridgehead atoms. The predicted octanol–water partition coefficient (Wildman–Crippen LogP) is 3.61. The number of hydrogen-bond acceptors (Lipinski definition) is 2. The summed E-state index contributed by atoms with van der Waals surface area (Å²) in [4.78, 5) is 4.35. The van der Waals surface area contributed by atoms with E-state index in [1.165, 1.54) is 37.8 Å². The Bertz CT molecular complexity index is 375. The van der Waals surface area contributed by atoms with Crippen LogP contribution in [0.3, 0.4) is 0 Å². The zero-order valence-corrected chi connectivity index (χ0v) is 12.0. The Morgan fingerprint density at radius 3 is 2.61 bits per heavy atom. The molecule has 1 saturated carbocycles. The summed E-state index contributed by atoms with van der Waals surface area (Å²) in [7, 11) is 0. The Morgan fingerprint density at radius 2 is 2.00 bits per heavy atom. The first-order valence-electron chi connectivity index (χ1n) is 7.31. The molecule has 1 aliphatic rings. The van der Waals surface area contributed by atoms with Gasteiger partial charge in [-0.1, -0.05) is 33.1 Å². The first-order valence-corrected chi connectivity index (χ1v) is 7.31. The van der Waals surface area contributed by atoms with Gasteiger partial charge in [0.15, 0.2) is 0 Å². The van der Waals surface area contributed by atoms with Crippen LogP contribution in [0.25, 0.3) is 0 Å². The maximum Gasteiger partial charge on any atom is 0.0953 e. The van der Waals surface area contributed by atoms with E-state index in [9.17, 15) is 0 Å². The van der Waals surface area contributed by atoms with Crippen LogP contribution in [0, 0.1) is 5.92 Å². The van der Waals surface area contributed by atoms with E-state index in [0.29, 0.717) is 5.92 Å². The van der Waals surface area contributed by atoms with Crippen LogP contribution in [0.2, 0.25) is 0 Å². The Hall–Kier alpha value is -0.830. The van der Waals surface area contributed by atoms with E-state index >= 15 is 0 Å². The molecular weight excluding hydrogens is 222 g/mol. The van der Waals surface area contributed by atoms with Gasteiger partial charge in [0, 0.05) is 17.8 Å². The van der Waals surface area contributed by atoms with Crippen LogP contribution in [-0.4, -0.2) is 9.55 Å². The second-order valence-electron chi connectivity index (χ2n) is 6.48. The molecule has 102 valence electrons. The topological polar surface area (TPSA) is 43.8 Å². The SMILES string of the molecule is CC(C)CC(N)c1cncn1C1(C)CCCCC1. The van der Waals surface area contributed by atoms with Gasteiger partial charge in [-0.15, -0.1) is 0 Å². The number of nitrogens with zero attached hydrogens (tertiary/aromatic N) is 2. The molecule has 1 aromatic heterocycles. The molecule has 1 atom stereocenters. The van der Waals surface area contributed by atoms with Crippen molar-refractivity contribution >= 4 is 0 Å². The monoisotopic (exact) mass is 249 g/mol. The minimum atomic E-state index is 0.117. The van der Waals surface area contributed by atoms with Gasteiger partial charge in [-0.05, 0) is 32.1 Å². The second kappa shape index (κ2) is 5.43. The van der Waals surface area contributed by atoms with E-state index in [4.69, 9.17) is 5.73 Å². The highest BCUT2D eigenvalue weighted by Gasteiger charge is 2.31. The molecule has 0 aliphatic heterocycles. The lowest BCUT2D eigenvalue weighted by Crippen LogP contribution is -2.35. The first-order chi connectivity index (χ1) is 8.53. The summed E-state index contributed by atoms with van der Waals surface area (Å²) in [6.07, 6.45) is 11.5. The van der Waals surface area contributed by atoms with Crippen LogP contribution in [0.5, 0.6) is 0 Å². The van der Waals surface area contributed by atoms with Crippen molar-refractivity contribution in [2.24, 2.45) is 11.7 Å². The van der Waals surface area contributed by atoms with Gasteiger partial charge in [0.25, 0.3) is 0 Å². The molecule has 1 heterocycles. The molecule has 0 amide bonds. The van der Waals surface area contributed by atoms with E-state index < -0.39 is 0 Å². The van der Waals surface area contributed by atoms with Gasteiger partial charge < -0.3 is 10.3 Å². The summed E-state index contributed by atoms with van der Waals surface area (Å²) in [5.74, 6) is 0.627. The molecule has 1 unspecified atom stereocenters. The molecule has 1 fully saturated rings. The minimum absolute atomic E-state index is 0.117. The zero-order valence-electron chi connectivity index (χ0n) is 12.0. The molecule has 0 spiro atoms. The van der Waals surface area contributed by atoms with Crippen LogP contribution < -0.4 is 5.73 Å². The third-order valence-electron chi connectivity index (χ3n) is 4.28. The number of aromatic nitrogens is 2. The van der Waals surface area contributed by atoms with Gasteiger partial charge in [0.05, 0.1) is 12.0 Å². The van der Waals surface area contributed by atoms with Gasteiger partial charge in [-0.25, -0.2) is 4.98 Å². The molecule has 1 aliphatic carbocycles. The average Bonchev–Trinajstić information content (AvgIpc) is 2.78. The van der Waals surface area contributed by atoms with E-state index in [2.05, 4.69) is 30.3 Å². The lowest BCUT2D eigenvalue weighted by Gasteiger charge is -2.37. The van der Waals surface area contributed by atoms with E-state index in [1.54, 1.807) is 0 Å². The highest BCUT2D eigenvalue weighted by molar-refractivity contribution is 5.09. The number of rotatable bonds is 4. The molecule has 2 rings (SSSR count). The van der Waals surface area contributed by atoms with Crippen molar-refractivity contribution in [1.82, 2.24) is 9.55 Å². The smallest absolute Gasteiger partial charge is 0.0953 e. The summed E-state index contributed by atoms with van der Waals surface area (Å²) in [5.41, 5.74) is 7.80. The molecule has 3 nitrogen and oxygen atoms in total. The first kappa shape index (κ1) is 13.6. The van der Waals surface area contributed by atoms with E-state index in [-0.39, 0.29) is 11.6 Å². The van der Waals surface area contributed by atoms with Crippen LogP contribution in [0.4, 0.5) is 0 Å². The highest BCUT2D eigenvalue weighted by Crippen LogP contribution is 2.36. The molecule has 0 radical (unpaired) electrons. The summed E-state index contributed by atoms with van der Waals surface area (Å²) in [6, 6.07) is 0.117. The Balaban J connectivity index is 2.21. The van der Waals surface area contributed by atoms with Gasteiger partial charge in [0.1, 0.15) is 0 Å². The third kappa shape index (κ3) is 2.77. The third-order valence-corrected chi connectivity index (χ3v) is 4.28. The summed E-state index contributed by atoms with van der Waals surface area (Å²) in [6.45, 7) is 6.81. The highest BCUT2D eigenvalue weighted by atomic mass is 15.1. The lowest BCUT2D eigenvalue weighted by molar-refractivity contribution is 0.209. The van der Waals surface area contributed by atoms with Gasteiger partial charge in [0.2, 0.25) is 0 Å². The predicted molar refractivity (Wildman–Crippen MR) is 75.3 cm³/mol. The normalized spacial score (nSPS) is 21.2. The van der Waals surface area contributed by atoms with Crippen molar-refractivity contribution < 1.29 is 0 Å². The summed E-state index contributed by atoms with van der Waals surface area (Å²) >= 11 is 0. The number of imidazole rings is 1. The molecule has 0 aromatic carbocycles. The zero-order chi connectivity index (χ0) is 13.2. The maximum absolute atomic E-state index is 6.35. The van der Waals surface area contributed by atoms with Crippen LogP contribution in [-0.2, 0) is 5.54 Å². The molecular formula is C15H27N3. The quantitative estimate of drug-likeness (QED) is 0.886. The number of hydrogen-bond donors (Lipinski definition) is 1. The molecule has 0 saturated heterocycles. The number of nitrogens with two attached hydrogens (primary N) is 1. The minimum Gasteiger partial charge on any atom is -0.327 e. The fourth-order valence-corrected chi connectivity index (χ4v) is 3.21. The van der Waals surface area contributed by atoms with Crippen molar-refractivity contribution in [3.63, 3.8) is 0 Å². The second-order valence-corrected chi connectivity index (χ2v) is 6.48.